The molecule has 27 heavy (non-hydrogen) atoms. The first-order chi connectivity index (χ1) is 12.8. The zero-order valence-corrected chi connectivity index (χ0v) is 16.3. The highest BCUT2D eigenvalue weighted by molar-refractivity contribution is 7.89. The monoisotopic (exact) mass is 394 g/mol. The number of hydrogen-bond donors (Lipinski definition) is 1. The number of likely N-dealkylation sites (tertiary alicyclic amines) is 1. The summed E-state index contributed by atoms with van der Waals surface area (Å²) in [6, 6.07) is 5.38. The van der Waals surface area contributed by atoms with Gasteiger partial charge in [0.15, 0.2) is 6.10 Å². The topological polar surface area (TPSA) is 92.8 Å². The number of amides is 1. The summed E-state index contributed by atoms with van der Waals surface area (Å²) in [7, 11) is -3.65. The number of nitrogens with zero attached hydrogens (tertiary/aromatic N) is 1. The Morgan fingerprint density at radius 3 is 2.33 bits per heavy atom. The van der Waals surface area contributed by atoms with Crippen LogP contribution < -0.4 is 4.72 Å². The normalized spacial score (nSPS) is 16.3. The maximum Gasteiger partial charge on any atom is 0.338 e. The van der Waals surface area contributed by atoms with Crippen LogP contribution >= 0.6 is 0 Å². The van der Waals surface area contributed by atoms with Crippen LogP contribution in [0.25, 0.3) is 0 Å². The number of esters is 1. The lowest BCUT2D eigenvalue weighted by Crippen LogP contribution is -2.40. The molecule has 0 spiro atoms. The summed E-state index contributed by atoms with van der Waals surface area (Å²) < 4.78 is 31.7. The van der Waals surface area contributed by atoms with E-state index in [1.165, 1.54) is 30.3 Å². The van der Waals surface area contributed by atoms with Gasteiger partial charge in [0.2, 0.25) is 10.0 Å². The van der Waals surface area contributed by atoms with E-state index in [9.17, 15) is 18.0 Å². The van der Waals surface area contributed by atoms with E-state index in [2.05, 4.69) is 11.3 Å². The highest BCUT2D eigenvalue weighted by Crippen LogP contribution is 2.14. The van der Waals surface area contributed by atoms with Gasteiger partial charge in [0, 0.05) is 19.6 Å². The molecule has 0 aromatic heterocycles. The summed E-state index contributed by atoms with van der Waals surface area (Å²) in [6.07, 6.45) is 4.69. The number of nitrogens with one attached hydrogen (secondary N) is 1. The summed E-state index contributed by atoms with van der Waals surface area (Å²) in [5, 5.41) is 0. The standard InChI is InChI=1S/C19H26N2O5S/c1-3-12-20-27(24,25)17-10-8-16(9-11-17)19(23)26-15(2)18(22)21-13-6-4-5-7-14-21/h3,8-11,15,20H,1,4-7,12-14H2,2H3/t15-/m1/s1. The van der Waals surface area contributed by atoms with Gasteiger partial charge >= 0.3 is 5.97 Å². The summed E-state index contributed by atoms with van der Waals surface area (Å²) >= 11 is 0. The molecule has 1 aliphatic heterocycles. The van der Waals surface area contributed by atoms with Gasteiger partial charge in [0.05, 0.1) is 10.5 Å². The number of sulfonamides is 1. The van der Waals surface area contributed by atoms with E-state index in [0.29, 0.717) is 13.1 Å². The fraction of sp³-hybridized carbons (Fsp3) is 0.474. The van der Waals surface area contributed by atoms with Crippen molar-refractivity contribution in [2.75, 3.05) is 19.6 Å². The highest BCUT2D eigenvalue weighted by Gasteiger charge is 2.25. The van der Waals surface area contributed by atoms with Gasteiger partial charge in [-0.1, -0.05) is 18.9 Å². The van der Waals surface area contributed by atoms with Crippen molar-refractivity contribution < 1.29 is 22.7 Å². The molecule has 0 radical (unpaired) electrons. The molecule has 1 aromatic rings. The van der Waals surface area contributed by atoms with Crippen molar-refractivity contribution in [2.24, 2.45) is 0 Å². The average molecular weight is 394 g/mol. The van der Waals surface area contributed by atoms with E-state index in [4.69, 9.17) is 4.74 Å². The third-order valence-corrected chi connectivity index (χ3v) is 5.81. The van der Waals surface area contributed by atoms with E-state index < -0.39 is 22.1 Å². The molecule has 1 N–H and O–H groups in total. The lowest BCUT2D eigenvalue weighted by molar-refractivity contribution is -0.139. The average Bonchev–Trinajstić information content (AvgIpc) is 2.95. The second kappa shape index (κ2) is 9.66. The quantitative estimate of drug-likeness (QED) is 0.565. The molecule has 1 saturated heterocycles. The molecule has 0 bridgehead atoms. The van der Waals surface area contributed by atoms with Gasteiger partial charge in [0.1, 0.15) is 0 Å². The first-order valence-electron chi connectivity index (χ1n) is 9.05. The Morgan fingerprint density at radius 1 is 1.19 bits per heavy atom. The molecule has 1 amide bonds. The Labute approximate surface area is 160 Å². The maximum atomic E-state index is 12.5. The second-order valence-corrected chi connectivity index (χ2v) is 8.22. The molecule has 2 rings (SSSR count). The minimum absolute atomic E-state index is 0.0367. The molecule has 1 atom stereocenters. The highest BCUT2D eigenvalue weighted by atomic mass is 32.2. The Hall–Kier alpha value is -2.19. The molecule has 1 aliphatic rings. The van der Waals surface area contributed by atoms with Crippen LogP contribution in [-0.4, -0.2) is 50.9 Å². The van der Waals surface area contributed by atoms with Gasteiger partial charge in [-0.25, -0.2) is 17.9 Å². The molecule has 0 aliphatic carbocycles. The molecule has 0 unspecified atom stereocenters. The fourth-order valence-electron chi connectivity index (χ4n) is 2.85. The van der Waals surface area contributed by atoms with E-state index in [-0.39, 0.29) is 22.9 Å². The van der Waals surface area contributed by atoms with Crippen LogP contribution in [0, 0.1) is 0 Å². The van der Waals surface area contributed by atoms with Crippen LogP contribution in [0.15, 0.2) is 41.8 Å². The molecule has 8 heteroatoms. The number of hydrogen-bond acceptors (Lipinski definition) is 5. The number of ether oxygens (including phenoxy) is 1. The Balaban J connectivity index is 1.98. The zero-order chi connectivity index (χ0) is 19.9. The van der Waals surface area contributed by atoms with Crippen LogP contribution in [0.5, 0.6) is 0 Å². The largest absolute Gasteiger partial charge is 0.449 e. The van der Waals surface area contributed by atoms with Gasteiger partial charge in [0.25, 0.3) is 5.91 Å². The van der Waals surface area contributed by atoms with Gasteiger partial charge in [-0.05, 0) is 44.0 Å². The molecule has 148 valence electrons. The Bertz CT molecular complexity index is 766. The predicted octanol–water partition coefficient (Wildman–Crippen LogP) is 2.10. The first kappa shape index (κ1) is 21.1. The van der Waals surface area contributed by atoms with Crippen molar-refractivity contribution >= 4 is 21.9 Å². The molecule has 7 nitrogen and oxygen atoms in total. The molecule has 0 saturated carbocycles. The summed E-state index contributed by atoms with van der Waals surface area (Å²) in [5.41, 5.74) is 0.188. The Morgan fingerprint density at radius 2 is 1.78 bits per heavy atom. The number of carbonyl (C=O) groups excluding carboxylic acids is 2. The van der Waals surface area contributed by atoms with Gasteiger partial charge < -0.3 is 9.64 Å². The summed E-state index contributed by atoms with van der Waals surface area (Å²) in [4.78, 5) is 26.5. The lowest BCUT2D eigenvalue weighted by atomic mass is 10.2. The fourth-order valence-corrected chi connectivity index (χ4v) is 3.85. The molecule has 1 fully saturated rings. The van der Waals surface area contributed by atoms with Crippen molar-refractivity contribution in [3.63, 3.8) is 0 Å². The Kier molecular flexibility index (Phi) is 7.55. The van der Waals surface area contributed by atoms with E-state index in [1.54, 1.807) is 11.8 Å². The molecule has 1 aromatic carbocycles. The van der Waals surface area contributed by atoms with Crippen LogP contribution in [0.2, 0.25) is 0 Å². The second-order valence-electron chi connectivity index (χ2n) is 6.45. The molecule has 1 heterocycles. The van der Waals surface area contributed by atoms with Crippen LogP contribution in [-0.2, 0) is 19.6 Å². The SMILES string of the molecule is C=CCNS(=O)(=O)c1ccc(C(=O)O[C@H](C)C(=O)N2CCCCCC2)cc1. The summed E-state index contributed by atoms with van der Waals surface area (Å²) in [5.74, 6) is -0.855. The van der Waals surface area contributed by atoms with Crippen LogP contribution in [0.4, 0.5) is 0 Å². The summed E-state index contributed by atoms with van der Waals surface area (Å²) in [6.45, 7) is 6.50. The predicted molar refractivity (Wildman–Crippen MR) is 102 cm³/mol. The van der Waals surface area contributed by atoms with E-state index in [1.807, 2.05) is 0 Å². The molecular weight excluding hydrogens is 368 g/mol. The zero-order valence-electron chi connectivity index (χ0n) is 15.5. The lowest BCUT2D eigenvalue weighted by Gasteiger charge is -2.24. The van der Waals surface area contributed by atoms with Gasteiger partial charge in [-0.2, -0.15) is 0 Å². The number of carbonyl (C=O) groups is 2. The smallest absolute Gasteiger partial charge is 0.338 e. The number of benzene rings is 1. The molecular formula is C19H26N2O5S. The van der Waals surface area contributed by atoms with Crippen LogP contribution in [0.3, 0.4) is 0 Å². The van der Waals surface area contributed by atoms with E-state index in [0.717, 1.165) is 25.7 Å². The van der Waals surface area contributed by atoms with Crippen molar-refractivity contribution in [3.05, 3.63) is 42.5 Å². The van der Waals surface area contributed by atoms with E-state index >= 15 is 0 Å². The minimum atomic E-state index is -3.65. The van der Waals surface area contributed by atoms with Crippen molar-refractivity contribution in [3.8, 4) is 0 Å². The minimum Gasteiger partial charge on any atom is -0.449 e. The third-order valence-electron chi connectivity index (χ3n) is 4.37. The maximum absolute atomic E-state index is 12.5. The third kappa shape index (κ3) is 5.90. The number of rotatable bonds is 7. The first-order valence-corrected chi connectivity index (χ1v) is 10.5. The van der Waals surface area contributed by atoms with Crippen molar-refractivity contribution in [2.45, 2.75) is 43.6 Å². The van der Waals surface area contributed by atoms with Crippen molar-refractivity contribution in [1.82, 2.24) is 9.62 Å². The van der Waals surface area contributed by atoms with Gasteiger partial charge in [-0.15, -0.1) is 6.58 Å². The van der Waals surface area contributed by atoms with Gasteiger partial charge in [-0.3, -0.25) is 4.79 Å². The van der Waals surface area contributed by atoms with Crippen molar-refractivity contribution in [1.29, 1.82) is 0 Å². The van der Waals surface area contributed by atoms with Crippen LogP contribution in [0.1, 0.15) is 43.0 Å².